The summed E-state index contributed by atoms with van der Waals surface area (Å²) in [7, 11) is 0. The fourth-order valence-corrected chi connectivity index (χ4v) is 4.53. The number of hydrogen-bond donors (Lipinski definition) is 0. The minimum Gasteiger partial charge on any atom is -0.483 e. The zero-order chi connectivity index (χ0) is 21.0. The fraction of sp³-hybridized carbons (Fsp3) is 0.708. The summed E-state index contributed by atoms with van der Waals surface area (Å²) in [6.07, 6.45) is 2.78. The number of amides is 1. The first-order valence-electron chi connectivity index (χ1n) is 11.2. The molecule has 5 heteroatoms. The summed E-state index contributed by atoms with van der Waals surface area (Å²) in [5.74, 6) is 2.05. The van der Waals surface area contributed by atoms with E-state index in [0.717, 1.165) is 56.9 Å². The monoisotopic (exact) mass is 402 g/mol. The quantitative estimate of drug-likeness (QED) is 0.725. The van der Waals surface area contributed by atoms with Crippen LogP contribution in [0.2, 0.25) is 0 Å². The number of likely N-dealkylation sites (tertiary alicyclic amines) is 1. The highest BCUT2D eigenvalue weighted by Gasteiger charge is 2.28. The Morgan fingerprint density at radius 2 is 1.83 bits per heavy atom. The predicted octanol–water partition coefficient (Wildman–Crippen LogP) is 3.85. The molecule has 0 aromatic heterocycles. The summed E-state index contributed by atoms with van der Waals surface area (Å²) in [6.45, 7) is 15.7. The summed E-state index contributed by atoms with van der Waals surface area (Å²) >= 11 is 0. The Morgan fingerprint density at radius 1 is 1.17 bits per heavy atom. The van der Waals surface area contributed by atoms with E-state index >= 15 is 0 Å². The van der Waals surface area contributed by atoms with Crippen molar-refractivity contribution in [2.75, 3.05) is 39.3 Å². The molecule has 2 atom stereocenters. The number of carbonyl (C=O) groups excluding carboxylic acids is 1. The van der Waals surface area contributed by atoms with Gasteiger partial charge in [-0.3, -0.25) is 9.69 Å². The van der Waals surface area contributed by atoms with Gasteiger partial charge in [-0.05, 0) is 62.6 Å². The molecular formula is C24H38N2O3. The van der Waals surface area contributed by atoms with E-state index in [4.69, 9.17) is 9.47 Å². The van der Waals surface area contributed by atoms with Crippen molar-refractivity contribution in [1.82, 2.24) is 9.80 Å². The molecule has 2 fully saturated rings. The van der Waals surface area contributed by atoms with E-state index < -0.39 is 0 Å². The highest BCUT2D eigenvalue weighted by atomic mass is 16.5. The maximum Gasteiger partial charge on any atom is 0.260 e. The molecular weight excluding hydrogens is 364 g/mol. The number of benzene rings is 1. The highest BCUT2D eigenvalue weighted by Crippen LogP contribution is 2.25. The Kier molecular flexibility index (Phi) is 7.58. The average Bonchev–Trinajstić information content (AvgIpc) is 2.66. The number of carbonyl (C=O) groups is 1. The van der Waals surface area contributed by atoms with Gasteiger partial charge in [0.25, 0.3) is 5.91 Å². The van der Waals surface area contributed by atoms with E-state index in [-0.39, 0.29) is 12.5 Å². The van der Waals surface area contributed by atoms with E-state index in [0.29, 0.717) is 24.0 Å². The van der Waals surface area contributed by atoms with Gasteiger partial charge in [-0.2, -0.15) is 0 Å². The Labute approximate surface area is 176 Å². The molecule has 0 radical (unpaired) electrons. The lowest BCUT2D eigenvalue weighted by molar-refractivity contribution is -0.135. The second kappa shape index (κ2) is 9.94. The molecule has 0 N–H and O–H groups in total. The second-order valence-electron chi connectivity index (χ2n) is 9.27. The molecule has 29 heavy (non-hydrogen) atoms. The van der Waals surface area contributed by atoms with Crippen molar-refractivity contribution < 1.29 is 14.3 Å². The highest BCUT2D eigenvalue weighted by molar-refractivity contribution is 5.77. The number of aryl methyl sites for hydroxylation is 1. The molecule has 1 aromatic carbocycles. The molecule has 162 valence electrons. The number of rotatable bonds is 6. The lowest BCUT2D eigenvalue weighted by Crippen LogP contribution is -2.49. The minimum absolute atomic E-state index is 0.103. The zero-order valence-corrected chi connectivity index (χ0v) is 18.8. The Bertz CT molecular complexity index is 673. The summed E-state index contributed by atoms with van der Waals surface area (Å²) in [5, 5.41) is 0. The smallest absolute Gasteiger partial charge is 0.260 e. The molecule has 2 heterocycles. The maximum absolute atomic E-state index is 12.7. The van der Waals surface area contributed by atoms with Gasteiger partial charge >= 0.3 is 0 Å². The molecule has 1 amide bonds. The van der Waals surface area contributed by atoms with Crippen molar-refractivity contribution >= 4 is 5.91 Å². The molecule has 1 aromatic rings. The molecule has 2 saturated heterocycles. The molecule has 0 aliphatic carbocycles. The van der Waals surface area contributed by atoms with E-state index in [9.17, 15) is 4.79 Å². The maximum atomic E-state index is 12.7. The van der Waals surface area contributed by atoms with Gasteiger partial charge in [-0.25, -0.2) is 0 Å². The third kappa shape index (κ3) is 6.19. The Balaban J connectivity index is 1.44. The fourth-order valence-electron chi connectivity index (χ4n) is 4.53. The lowest BCUT2D eigenvalue weighted by atomic mass is 9.95. The van der Waals surface area contributed by atoms with Crippen LogP contribution in [0.3, 0.4) is 0 Å². The number of piperidine rings is 1. The Hall–Kier alpha value is -1.59. The second-order valence-corrected chi connectivity index (χ2v) is 9.27. The molecule has 0 saturated carbocycles. The van der Waals surface area contributed by atoms with Crippen LogP contribution in [0.4, 0.5) is 0 Å². The van der Waals surface area contributed by atoms with Crippen LogP contribution < -0.4 is 4.74 Å². The largest absolute Gasteiger partial charge is 0.483 e. The third-order valence-corrected chi connectivity index (χ3v) is 6.21. The predicted molar refractivity (Wildman–Crippen MR) is 117 cm³/mol. The van der Waals surface area contributed by atoms with Crippen LogP contribution in [0, 0.1) is 12.8 Å². The Morgan fingerprint density at radius 3 is 2.45 bits per heavy atom. The first kappa shape index (κ1) is 22.1. The van der Waals surface area contributed by atoms with Crippen molar-refractivity contribution in [3.63, 3.8) is 0 Å². The van der Waals surface area contributed by atoms with Gasteiger partial charge in [0.2, 0.25) is 0 Å². The van der Waals surface area contributed by atoms with Crippen LogP contribution in [0.1, 0.15) is 57.6 Å². The normalized spacial score (nSPS) is 24.1. The van der Waals surface area contributed by atoms with Gasteiger partial charge in [-0.1, -0.05) is 26.0 Å². The van der Waals surface area contributed by atoms with Crippen molar-refractivity contribution in [2.24, 2.45) is 5.92 Å². The molecule has 2 aliphatic rings. The van der Waals surface area contributed by atoms with E-state index in [2.05, 4.69) is 50.8 Å². The van der Waals surface area contributed by atoms with Crippen molar-refractivity contribution in [1.29, 1.82) is 0 Å². The van der Waals surface area contributed by atoms with Gasteiger partial charge in [0, 0.05) is 32.7 Å². The molecule has 5 nitrogen and oxygen atoms in total. The number of hydrogen-bond acceptors (Lipinski definition) is 4. The summed E-state index contributed by atoms with van der Waals surface area (Å²) < 4.78 is 11.7. The van der Waals surface area contributed by atoms with E-state index in [1.807, 2.05) is 11.8 Å². The molecule has 0 bridgehead atoms. The number of nitrogens with zero attached hydrogens (tertiary/aromatic N) is 2. The van der Waals surface area contributed by atoms with Gasteiger partial charge in [0.05, 0.1) is 12.2 Å². The molecule has 0 spiro atoms. The van der Waals surface area contributed by atoms with Gasteiger partial charge in [0.1, 0.15) is 5.75 Å². The van der Waals surface area contributed by atoms with Gasteiger partial charge < -0.3 is 14.4 Å². The summed E-state index contributed by atoms with van der Waals surface area (Å²) in [4.78, 5) is 17.2. The summed E-state index contributed by atoms with van der Waals surface area (Å²) in [6, 6.07) is 6.28. The van der Waals surface area contributed by atoms with Crippen LogP contribution >= 0.6 is 0 Å². The number of morpholine rings is 1. The van der Waals surface area contributed by atoms with Crippen LogP contribution in [0.5, 0.6) is 5.75 Å². The molecule has 2 aliphatic heterocycles. The van der Waals surface area contributed by atoms with Crippen molar-refractivity contribution in [3.8, 4) is 5.75 Å². The minimum atomic E-state index is 0.103. The summed E-state index contributed by atoms with van der Waals surface area (Å²) in [5.41, 5.74) is 2.32. The van der Waals surface area contributed by atoms with Gasteiger partial charge in [-0.15, -0.1) is 0 Å². The van der Waals surface area contributed by atoms with Crippen molar-refractivity contribution in [2.45, 2.75) is 65.6 Å². The molecule has 2 unspecified atom stereocenters. The van der Waals surface area contributed by atoms with Crippen molar-refractivity contribution in [3.05, 3.63) is 29.3 Å². The first-order valence-corrected chi connectivity index (χ1v) is 11.2. The SMILES string of the molecule is Cc1ccc(C(C)C)cc1OCC(=O)N1CCC(CN2CC(C)OC(C)C2)CC1. The van der Waals surface area contributed by atoms with Crippen LogP contribution in [-0.2, 0) is 9.53 Å². The van der Waals surface area contributed by atoms with Gasteiger partial charge in [0.15, 0.2) is 6.61 Å². The average molecular weight is 403 g/mol. The van der Waals surface area contributed by atoms with Crippen LogP contribution in [-0.4, -0.2) is 67.2 Å². The standard InChI is InChI=1S/C24H38N2O3/c1-17(2)22-7-6-18(3)23(12-22)28-16-24(27)26-10-8-21(9-11-26)15-25-13-19(4)29-20(5)14-25/h6-7,12,17,19-21H,8-11,13-16H2,1-5H3. The van der Waals surface area contributed by atoms with Crippen LogP contribution in [0.15, 0.2) is 18.2 Å². The topological polar surface area (TPSA) is 42.0 Å². The first-order chi connectivity index (χ1) is 13.8. The zero-order valence-electron chi connectivity index (χ0n) is 18.8. The third-order valence-electron chi connectivity index (χ3n) is 6.21. The van der Waals surface area contributed by atoms with Crippen LogP contribution in [0.25, 0.3) is 0 Å². The van der Waals surface area contributed by atoms with E-state index in [1.165, 1.54) is 5.56 Å². The van der Waals surface area contributed by atoms with E-state index in [1.54, 1.807) is 0 Å². The molecule has 3 rings (SSSR count). The number of ether oxygens (including phenoxy) is 2. The lowest BCUT2D eigenvalue weighted by Gasteiger charge is -2.39.